The Balaban J connectivity index is 1.49. The van der Waals surface area contributed by atoms with Crippen LogP contribution in [0.3, 0.4) is 0 Å². The van der Waals surface area contributed by atoms with Gasteiger partial charge >= 0.3 is 0 Å². The zero-order valence-corrected chi connectivity index (χ0v) is 19.7. The number of benzene rings is 2. The molecule has 0 spiro atoms. The number of aryl methyl sites for hydroxylation is 3. The lowest BCUT2D eigenvalue weighted by Gasteiger charge is -2.28. The molecule has 0 saturated carbocycles. The van der Waals surface area contributed by atoms with E-state index in [1.165, 1.54) is 11.1 Å². The van der Waals surface area contributed by atoms with Crippen molar-refractivity contribution in [2.75, 3.05) is 4.90 Å². The molecule has 2 atom stereocenters. The van der Waals surface area contributed by atoms with E-state index >= 15 is 0 Å². The Kier molecular flexibility index (Phi) is 5.60. The maximum atomic E-state index is 6.02. The zero-order chi connectivity index (χ0) is 22.9. The number of anilines is 1. The van der Waals surface area contributed by atoms with Gasteiger partial charge in [0.25, 0.3) is 0 Å². The lowest BCUT2D eigenvalue weighted by atomic mass is 9.96. The monoisotopic (exact) mass is 454 g/mol. The van der Waals surface area contributed by atoms with E-state index in [1.807, 2.05) is 60.8 Å². The smallest absolute Gasteiger partial charge is 0.174 e. The number of aromatic nitrogens is 2. The van der Waals surface area contributed by atoms with E-state index in [0.717, 1.165) is 34.3 Å². The van der Waals surface area contributed by atoms with Crippen LogP contribution in [0.25, 0.3) is 0 Å². The predicted octanol–water partition coefficient (Wildman–Crippen LogP) is 6.30. The maximum Gasteiger partial charge on any atom is 0.174 e. The lowest BCUT2D eigenvalue weighted by molar-refractivity contribution is 0.482. The molecule has 0 aliphatic carbocycles. The van der Waals surface area contributed by atoms with Crippen LogP contribution in [0.4, 0.5) is 5.69 Å². The van der Waals surface area contributed by atoms with E-state index in [-0.39, 0.29) is 12.1 Å². The Morgan fingerprint density at radius 2 is 1.61 bits per heavy atom. The van der Waals surface area contributed by atoms with Crippen LogP contribution in [0.2, 0.25) is 0 Å². The van der Waals surface area contributed by atoms with Crippen molar-refractivity contribution in [2.24, 2.45) is 0 Å². The van der Waals surface area contributed by atoms with E-state index in [9.17, 15) is 0 Å². The SMILES string of the molecule is Cc1ccc(Oc2ccc(N3C(=S)N[C@H](c4ccccn4)[C@@H]3c3cc(C)[nH]c3C)cc2)cc1. The Morgan fingerprint density at radius 1 is 0.909 bits per heavy atom. The Bertz CT molecular complexity index is 1270. The van der Waals surface area contributed by atoms with E-state index in [4.69, 9.17) is 17.0 Å². The van der Waals surface area contributed by atoms with Crippen molar-refractivity contribution in [1.82, 2.24) is 15.3 Å². The molecule has 33 heavy (non-hydrogen) atoms. The highest BCUT2D eigenvalue weighted by atomic mass is 32.1. The van der Waals surface area contributed by atoms with Crippen molar-refractivity contribution in [1.29, 1.82) is 0 Å². The third-order valence-corrected chi connectivity index (χ3v) is 6.29. The van der Waals surface area contributed by atoms with E-state index in [1.54, 1.807) is 0 Å². The molecule has 1 aliphatic rings. The number of nitrogens with one attached hydrogen (secondary N) is 2. The minimum Gasteiger partial charge on any atom is -0.457 e. The Morgan fingerprint density at radius 3 is 2.21 bits per heavy atom. The molecular weight excluding hydrogens is 428 g/mol. The van der Waals surface area contributed by atoms with Crippen molar-refractivity contribution in [3.8, 4) is 11.5 Å². The summed E-state index contributed by atoms with van der Waals surface area (Å²) in [4.78, 5) is 10.2. The Hall–Kier alpha value is -3.64. The average molecular weight is 455 g/mol. The molecule has 5 nitrogen and oxygen atoms in total. The van der Waals surface area contributed by atoms with Gasteiger partial charge in [0.1, 0.15) is 11.5 Å². The summed E-state index contributed by atoms with van der Waals surface area (Å²) in [6, 6.07) is 24.2. The van der Waals surface area contributed by atoms with Crippen molar-refractivity contribution in [3.05, 3.63) is 107 Å². The summed E-state index contributed by atoms with van der Waals surface area (Å²) < 4.78 is 6.02. The fourth-order valence-electron chi connectivity index (χ4n) is 4.42. The van der Waals surface area contributed by atoms with Crippen LogP contribution in [0.15, 0.2) is 79.0 Å². The van der Waals surface area contributed by atoms with Crippen molar-refractivity contribution in [3.63, 3.8) is 0 Å². The molecule has 0 bridgehead atoms. The quantitative estimate of drug-likeness (QED) is 0.346. The van der Waals surface area contributed by atoms with Gasteiger partial charge in [-0.1, -0.05) is 23.8 Å². The molecule has 0 unspecified atom stereocenters. The first-order valence-electron chi connectivity index (χ1n) is 11.0. The molecule has 166 valence electrons. The summed E-state index contributed by atoms with van der Waals surface area (Å²) in [5.74, 6) is 1.60. The number of pyridine rings is 1. The molecular formula is C27H26N4OS. The predicted molar refractivity (Wildman–Crippen MR) is 136 cm³/mol. The number of hydrogen-bond acceptors (Lipinski definition) is 3. The molecule has 0 amide bonds. The fourth-order valence-corrected chi connectivity index (χ4v) is 4.76. The number of thiocarbonyl (C=S) groups is 1. The lowest BCUT2D eigenvalue weighted by Crippen LogP contribution is -2.29. The topological polar surface area (TPSA) is 53.2 Å². The van der Waals surface area contributed by atoms with Gasteiger partial charge in [-0.2, -0.15) is 0 Å². The minimum absolute atomic E-state index is 0.0267. The number of hydrogen-bond donors (Lipinski definition) is 2. The zero-order valence-electron chi connectivity index (χ0n) is 18.9. The van der Waals surface area contributed by atoms with Gasteiger partial charge in [0.15, 0.2) is 5.11 Å². The van der Waals surface area contributed by atoms with Crippen LogP contribution in [0.1, 0.15) is 40.3 Å². The second-order valence-electron chi connectivity index (χ2n) is 8.44. The van der Waals surface area contributed by atoms with E-state index in [0.29, 0.717) is 5.11 Å². The van der Waals surface area contributed by atoms with Gasteiger partial charge in [-0.05, 0) is 93.1 Å². The van der Waals surface area contributed by atoms with Gasteiger partial charge in [0, 0.05) is 23.3 Å². The molecule has 6 heteroatoms. The summed E-state index contributed by atoms with van der Waals surface area (Å²) in [6.07, 6.45) is 1.83. The summed E-state index contributed by atoms with van der Waals surface area (Å²) in [6.45, 7) is 6.25. The standard InChI is InChI=1S/C27H26N4OS/c1-17-7-11-21(12-8-17)32-22-13-9-20(10-14-22)31-26(23-16-18(2)29-19(23)3)25(30-27(31)33)24-6-4-5-15-28-24/h4-16,25-26,29H,1-3H3,(H,30,33)/t25-,26+/m1/s1. The van der Waals surface area contributed by atoms with E-state index in [2.05, 4.69) is 59.2 Å². The third-order valence-electron chi connectivity index (χ3n) is 5.98. The first-order chi connectivity index (χ1) is 16.0. The molecule has 4 aromatic rings. The molecule has 0 radical (unpaired) electrons. The molecule has 3 heterocycles. The molecule has 1 fully saturated rings. The molecule has 2 aromatic carbocycles. The first-order valence-corrected chi connectivity index (χ1v) is 11.4. The van der Waals surface area contributed by atoms with Crippen LogP contribution in [0, 0.1) is 20.8 Å². The van der Waals surface area contributed by atoms with Gasteiger partial charge in [-0.25, -0.2) is 0 Å². The average Bonchev–Trinajstić information content (AvgIpc) is 3.34. The summed E-state index contributed by atoms with van der Waals surface area (Å²) in [5.41, 5.74) is 6.64. The van der Waals surface area contributed by atoms with Crippen LogP contribution in [0.5, 0.6) is 11.5 Å². The van der Waals surface area contributed by atoms with E-state index < -0.39 is 0 Å². The number of aromatic amines is 1. The van der Waals surface area contributed by atoms with Crippen molar-refractivity contribution < 1.29 is 4.74 Å². The molecule has 2 N–H and O–H groups in total. The van der Waals surface area contributed by atoms with Crippen LogP contribution >= 0.6 is 12.2 Å². The fraction of sp³-hybridized carbons (Fsp3) is 0.185. The van der Waals surface area contributed by atoms with Crippen molar-refractivity contribution in [2.45, 2.75) is 32.9 Å². The third kappa shape index (κ3) is 4.22. The van der Waals surface area contributed by atoms with Crippen molar-refractivity contribution >= 4 is 23.0 Å². The molecule has 1 saturated heterocycles. The first kappa shape index (κ1) is 21.2. The normalized spacial score (nSPS) is 17.8. The van der Waals surface area contributed by atoms with Gasteiger partial charge in [-0.15, -0.1) is 0 Å². The maximum absolute atomic E-state index is 6.02. The summed E-state index contributed by atoms with van der Waals surface area (Å²) in [5, 5.41) is 4.19. The van der Waals surface area contributed by atoms with Crippen LogP contribution in [-0.2, 0) is 0 Å². The number of ether oxygens (including phenoxy) is 1. The van der Waals surface area contributed by atoms with Gasteiger partial charge < -0.3 is 19.9 Å². The number of nitrogens with zero attached hydrogens (tertiary/aromatic N) is 2. The van der Waals surface area contributed by atoms with Gasteiger partial charge in [-0.3, -0.25) is 4.98 Å². The Labute approximate surface area is 199 Å². The number of rotatable bonds is 5. The number of H-pyrrole nitrogens is 1. The molecule has 2 aromatic heterocycles. The largest absolute Gasteiger partial charge is 0.457 e. The summed E-state index contributed by atoms with van der Waals surface area (Å²) in [7, 11) is 0. The van der Waals surface area contributed by atoms with Gasteiger partial charge in [0.2, 0.25) is 0 Å². The van der Waals surface area contributed by atoms with Gasteiger partial charge in [0.05, 0.1) is 17.8 Å². The summed E-state index contributed by atoms with van der Waals surface area (Å²) >= 11 is 5.82. The second kappa shape index (κ2) is 8.71. The molecule has 1 aliphatic heterocycles. The minimum atomic E-state index is -0.0592. The highest BCUT2D eigenvalue weighted by Crippen LogP contribution is 2.43. The second-order valence-corrected chi connectivity index (χ2v) is 8.83. The van der Waals surface area contributed by atoms with Crippen LogP contribution < -0.4 is 15.0 Å². The highest BCUT2D eigenvalue weighted by molar-refractivity contribution is 7.80. The van der Waals surface area contributed by atoms with Crippen LogP contribution in [-0.4, -0.2) is 15.1 Å². The molecule has 5 rings (SSSR count). The highest BCUT2D eigenvalue weighted by Gasteiger charge is 2.41.